The Balaban J connectivity index is 2.09. The smallest absolute Gasteiger partial charge is 0.176 e. The Kier molecular flexibility index (Phi) is 5.35. The van der Waals surface area contributed by atoms with Crippen LogP contribution in [0.3, 0.4) is 0 Å². The molecule has 0 saturated heterocycles. The SMILES string of the molecule is COc1ccc(C(C)(C)C)cc1C(=O)CSCc1ccco1. The van der Waals surface area contributed by atoms with Gasteiger partial charge < -0.3 is 9.15 Å². The zero-order valence-corrected chi connectivity index (χ0v) is 14.3. The van der Waals surface area contributed by atoms with E-state index >= 15 is 0 Å². The molecule has 0 unspecified atom stereocenters. The molecule has 3 nitrogen and oxygen atoms in total. The Morgan fingerprint density at radius 3 is 2.64 bits per heavy atom. The molecule has 118 valence electrons. The number of carbonyl (C=O) groups excluding carboxylic acids is 1. The van der Waals surface area contributed by atoms with Gasteiger partial charge in [0.05, 0.1) is 30.4 Å². The van der Waals surface area contributed by atoms with Gasteiger partial charge in [-0.1, -0.05) is 26.8 Å². The van der Waals surface area contributed by atoms with E-state index in [-0.39, 0.29) is 11.2 Å². The second-order valence-electron chi connectivity index (χ2n) is 6.16. The van der Waals surface area contributed by atoms with E-state index < -0.39 is 0 Å². The third kappa shape index (κ3) is 4.17. The molecule has 0 atom stereocenters. The third-order valence-corrected chi connectivity index (χ3v) is 4.38. The molecule has 2 aromatic rings. The van der Waals surface area contributed by atoms with Gasteiger partial charge in [-0.2, -0.15) is 0 Å². The Bertz CT molecular complexity index is 624. The van der Waals surface area contributed by atoms with Crippen LogP contribution in [0.1, 0.15) is 42.5 Å². The third-order valence-electron chi connectivity index (χ3n) is 3.42. The fourth-order valence-corrected chi connectivity index (χ4v) is 2.92. The predicted octanol–water partition coefficient (Wildman–Crippen LogP) is 4.70. The van der Waals surface area contributed by atoms with Crippen LogP contribution in [0.2, 0.25) is 0 Å². The van der Waals surface area contributed by atoms with Crippen molar-refractivity contribution in [3.8, 4) is 5.75 Å². The molecule has 4 heteroatoms. The molecule has 0 aliphatic heterocycles. The first-order valence-corrected chi connectivity index (χ1v) is 8.39. The first kappa shape index (κ1) is 16.7. The topological polar surface area (TPSA) is 39.4 Å². The summed E-state index contributed by atoms with van der Waals surface area (Å²) in [5, 5.41) is 0. The van der Waals surface area contributed by atoms with Crippen LogP contribution in [0.5, 0.6) is 5.75 Å². The molecule has 0 fully saturated rings. The van der Waals surface area contributed by atoms with Gasteiger partial charge in [0.1, 0.15) is 11.5 Å². The number of ketones is 1. The van der Waals surface area contributed by atoms with Crippen LogP contribution in [-0.2, 0) is 11.2 Å². The van der Waals surface area contributed by atoms with Crippen molar-refractivity contribution in [3.05, 3.63) is 53.5 Å². The van der Waals surface area contributed by atoms with Crippen LogP contribution < -0.4 is 4.74 Å². The zero-order valence-electron chi connectivity index (χ0n) is 13.5. The Morgan fingerprint density at radius 2 is 2.05 bits per heavy atom. The Hall–Kier alpha value is -1.68. The average molecular weight is 318 g/mol. The van der Waals surface area contributed by atoms with Crippen LogP contribution in [0.4, 0.5) is 0 Å². The van der Waals surface area contributed by atoms with E-state index in [1.165, 1.54) is 0 Å². The summed E-state index contributed by atoms with van der Waals surface area (Å²) in [7, 11) is 1.60. The highest BCUT2D eigenvalue weighted by Crippen LogP contribution is 2.29. The number of benzene rings is 1. The first-order valence-electron chi connectivity index (χ1n) is 7.23. The van der Waals surface area contributed by atoms with Gasteiger partial charge in [-0.05, 0) is 35.2 Å². The highest BCUT2D eigenvalue weighted by Gasteiger charge is 2.19. The van der Waals surface area contributed by atoms with E-state index in [1.807, 2.05) is 30.3 Å². The number of Topliss-reactive ketones (excluding diaryl/α,β-unsaturated/α-hetero) is 1. The van der Waals surface area contributed by atoms with Gasteiger partial charge in [-0.3, -0.25) is 4.79 Å². The summed E-state index contributed by atoms with van der Waals surface area (Å²) in [6, 6.07) is 9.62. The molecular weight excluding hydrogens is 296 g/mol. The monoisotopic (exact) mass is 318 g/mol. The number of thioether (sulfide) groups is 1. The second kappa shape index (κ2) is 7.05. The zero-order chi connectivity index (χ0) is 16.2. The van der Waals surface area contributed by atoms with E-state index in [0.29, 0.717) is 22.8 Å². The Labute approximate surface area is 136 Å². The van der Waals surface area contributed by atoms with Gasteiger partial charge in [0.25, 0.3) is 0 Å². The molecule has 1 aromatic carbocycles. The van der Waals surface area contributed by atoms with Crippen LogP contribution in [0.25, 0.3) is 0 Å². The minimum absolute atomic E-state index is 0.00259. The van der Waals surface area contributed by atoms with Crippen molar-refractivity contribution < 1.29 is 13.9 Å². The number of carbonyl (C=O) groups is 1. The van der Waals surface area contributed by atoms with Crippen molar-refractivity contribution >= 4 is 17.5 Å². The van der Waals surface area contributed by atoms with Gasteiger partial charge in [0.15, 0.2) is 5.78 Å². The van der Waals surface area contributed by atoms with Crippen molar-refractivity contribution in [1.29, 1.82) is 0 Å². The molecule has 1 heterocycles. The quantitative estimate of drug-likeness (QED) is 0.724. The molecule has 0 spiro atoms. The molecule has 0 saturated carbocycles. The molecule has 22 heavy (non-hydrogen) atoms. The van der Waals surface area contributed by atoms with Gasteiger partial charge >= 0.3 is 0 Å². The lowest BCUT2D eigenvalue weighted by molar-refractivity contribution is 0.101. The summed E-state index contributed by atoms with van der Waals surface area (Å²) < 4.78 is 10.6. The lowest BCUT2D eigenvalue weighted by Gasteiger charge is -2.20. The molecule has 0 amide bonds. The largest absolute Gasteiger partial charge is 0.496 e. The van der Waals surface area contributed by atoms with E-state index in [1.54, 1.807) is 25.1 Å². The molecule has 0 aliphatic rings. The van der Waals surface area contributed by atoms with Gasteiger partial charge in [-0.25, -0.2) is 0 Å². The van der Waals surface area contributed by atoms with Crippen molar-refractivity contribution in [2.24, 2.45) is 0 Å². The maximum Gasteiger partial charge on any atom is 0.176 e. The normalized spacial score (nSPS) is 11.5. The molecule has 0 N–H and O–H groups in total. The summed E-state index contributed by atoms with van der Waals surface area (Å²) in [5.41, 5.74) is 1.79. The predicted molar refractivity (Wildman–Crippen MR) is 90.9 cm³/mol. The van der Waals surface area contributed by atoms with E-state index in [4.69, 9.17) is 9.15 Å². The summed E-state index contributed by atoms with van der Waals surface area (Å²) in [4.78, 5) is 12.5. The molecule has 1 aromatic heterocycles. The summed E-state index contributed by atoms with van der Waals surface area (Å²) in [6.45, 7) is 6.40. The lowest BCUT2D eigenvalue weighted by atomic mass is 9.85. The molecular formula is C18H22O3S. The number of hydrogen-bond acceptors (Lipinski definition) is 4. The van der Waals surface area contributed by atoms with Crippen molar-refractivity contribution in [2.45, 2.75) is 31.9 Å². The number of methoxy groups -OCH3 is 1. The maximum atomic E-state index is 12.5. The lowest BCUT2D eigenvalue weighted by Crippen LogP contribution is -2.13. The highest BCUT2D eigenvalue weighted by atomic mass is 32.2. The van der Waals surface area contributed by atoms with Crippen LogP contribution in [0, 0.1) is 0 Å². The minimum Gasteiger partial charge on any atom is -0.496 e. The van der Waals surface area contributed by atoms with Crippen LogP contribution >= 0.6 is 11.8 Å². The van der Waals surface area contributed by atoms with Crippen molar-refractivity contribution in [1.82, 2.24) is 0 Å². The number of rotatable bonds is 6. The van der Waals surface area contributed by atoms with Gasteiger partial charge in [-0.15, -0.1) is 11.8 Å². The molecule has 0 aliphatic carbocycles. The molecule has 0 radical (unpaired) electrons. The van der Waals surface area contributed by atoms with E-state index in [2.05, 4.69) is 20.8 Å². The Morgan fingerprint density at radius 1 is 1.27 bits per heavy atom. The number of ether oxygens (including phenoxy) is 1. The van der Waals surface area contributed by atoms with Gasteiger partial charge in [0, 0.05) is 0 Å². The summed E-state index contributed by atoms with van der Waals surface area (Å²) in [5.74, 6) is 2.70. The first-order chi connectivity index (χ1) is 10.4. The minimum atomic E-state index is 0.00259. The van der Waals surface area contributed by atoms with Crippen LogP contribution in [-0.4, -0.2) is 18.6 Å². The average Bonchev–Trinajstić information content (AvgIpc) is 2.98. The maximum absolute atomic E-state index is 12.5. The number of furan rings is 1. The van der Waals surface area contributed by atoms with Gasteiger partial charge in [0.2, 0.25) is 0 Å². The standard InChI is InChI=1S/C18H22O3S/c1-18(2,3)13-7-8-17(20-4)15(10-13)16(19)12-22-11-14-6-5-9-21-14/h5-10H,11-12H2,1-4H3. The summed E-state index contributed by atoms with van der Waals surface area (Å²) in [6.07, 6.45) is 1.65. The van der Waals surface area contributed by atoms with Crippen LogP contribution in [0.15, 0.2) is 41.0 Å². The second-order valence-corrected chi connectivity index (χ2v) is 7.15. The summed E-state index contributed by atoms with van der Waals surface area (Å²) >= 11 is 1.55. The van der Waals surface area contributed by atoms with E-state index in [9.17, 15) is 4.79 Å². The van der Waals surface area contributed by atoms with Crippen molar-refractivity contribution in [3.63, 3.8) is 0 Å². The number of hydrogen-bond donors (Lipinski definition) is 0. The van der Waals surface area contributed by atoms with E-state index in [0.717, 1.165) is 11.3 Å². The highest BCUT2D eigenvalue weighted by molar-refractivity contribution is 7.99. The fourth-order valence-electron chi connectivity index (χ4n) is 2.11. The molecule has 2 rings (SSSR count). The fraction of sp³-hybridized carbons (Fsp3) is 0.389. The van der Waals surface area contributed by atoms with Crippen molar-refractivity contribution in [2.75, 3.05) is 12.9 Å². The molecule has 0 bridgehead atoms.